The van der Waals surface area contributed by atoms with Crippen molar-refractivity contribution in [2.45, 2.75) is 13.1 Å². The molecule has 0 aromatic heterocycles. The minimum Gasteiger partial charge on any atom is -0.492 e. The normalized spacial score (nSPS) is 15.6. The first kappa shape index (κ1) is 17.9. The zero-order valence-corrected chi connectivity index (χ0v) is 15.9. The van der Waals surface area contributed by atoms with Crippen LogP contribution in [0.4, 0.5) is 11.4 Å². The Hall–Kier alpha value is -3.47. The van der Waals surface area contributed by atoms with Crippen molar-refractivity contribution in [2.24, 2.45) is 0 Å². The molecule has 5 heteroatoms. The van der Waals surface area contributed by atoms with Crippen molar-refractivity contribution in [2.75, 3.05) is 23.9 Å². The minimum absolute atomic E-state index is 0.0607. The minimum atomic E-state index is -0.430. The van der Waals surface area contributed by atoms with E-state index in [9.17, 15) is 4.79 Å². The van der Waals surface area contributed by atoms with E-state index in [0.717, 1.165) is 16.9 Å². The van der Waals surface area contributed by atoms with E-state index in [1.54, 1.807) is 12.0 Å². The van der Waals surface area contributed by atoms with E-state index in [0.29, 0.717) is 23.7 Å². The van der Waals surface area contributed by atoms with E-state index < -0.39 is 6.17 Å². The number of rotatable bonds is 5. The molecule has 1 aliphatic rings. The summed E-state index contributed by atoms with van der Waals surface area (Å²) in [5.41, 5.74) is 3.08. The second-order valence-electron chi connectivity index (χ2n) is 6.41. The number of methoxy groups -OCH3 is 1. The van der Waals surface area contributed by atoms with Gasteiger partial charge in [0, 0.05) is 16.9 Å². The second kappa shape index (κ2) is 7.64. The summed E-state index contributed by atoms with van der Waals surface area (Å²) in [5.74, 6) is 1.22. The molecule has 1 heterocycles. The standard InChI is InChI=1S/C23H22N2O3/c1-3-28-20-15-9-13-18(21(20)27-2)22-24-19-14-8-7-12-17(19)23(26)25(22)16-10-5-4-6-11-16/h4-15,22,24H,3H2,1-2H3. The number of nitrogens with one attached hydrogen (secondary N) is 1. The topological polar surface area (TPSA) is 50.8 Å². The highest BCUT2D eigenvalue weighted by Gasteiger charge is 2.36. The summed E-state index contributed by atoms with van der Waals surface area (Å²) in [6.07, 6.45) is -0.430. The van der Waals surface area contributed by atoms with E-state index in [1.165, 1.54) is 0 Å². The third-order valence-corrected chi connectivity index (χ3v) is 4.77. The second-order valence-corrected chi connectivity index (χ2v) is 6.41. The van der Waals surface area contributed by atoms with Crippen LogP contribution in [0.1, 0.15) is 29.0 Å². The fourth-order valence-electron chi connectivity index (χ4n) is 3.56. The monoisotopic (exact) mass is 374 g/mol. The third kappa shape index (κ3) is 3.05. The summed E-state index contributed by atoms with van der Waals surface area (Å²) >= 11 is 0. The molecule has 0 saturated heterocycles. The summed E-state index contributed by atoms with van der Waals surface area (Å²) in [6.45, 7) is 2.46. The smallest absolute Gasteiger partial charge is 0.262 e. The van der Waals surface area contributed by atoms with E-state index >= 15 is 0 Å². The van der Waals surface area contributed by atoms with Gasteiger partial charge in [-0.25, -0.2) is 0 Å². The summed E-state index contributed by atoms with van der Waals surface area (Å²) < 4.78 is 11.4. The molecule has 1 atom stereocenters. The highest BCUT2D eigenvalue weighted by molar-refractivity contribution is 6.12. The van der Waals surface area contributed by atoms with Gasteiger partial charge in [0.25, 0.3) is 5.91 Å². The Bertz CT molecular complexity index is 988. The van der Waals surface area contributed by atoms with E-state index in [1.807, 2.05) is 79.7 Å². The maximum atomic E-state index is 13.4. The predicted molar refractivity (Wildman–Crippen MR) is 110 cm³/mol. The molecule has 0 saturated carbocycles. The van der Waals surface area contributed by atoms with Crippen LogP contribution in [-0.4, -0.2) is 19.6 Å². The van der Waals surface area contributed by atoms with E-state index in [-0.39, 0.29) is 5.91 Å². The number of fused-ring (bicyclic) bond motifs is 1. The molecule has 0 radical (unpaired) electrons. The van der Waals surface area contributed by atoms with Crippen molar-refractivity contribution in [3.05, 3.63) is 83.9 Å². The first-order valence-electron chi connectivity index (χ1n) is 9.28. The average Bonchev–Trinajstić information content (AvgIpc) is 2.74. The molecule has 0 aliphatic carbocycles. The highest BCUT2D eigenvalue weighted by Crippen LogP contribution is 2.42. The first-order chi connectivity index (χ1) is 13.7. The van der Waals surface area contributed by atoms with E-state index in [4.69, 9.17) is 9.47 Å². The number of benzene rings is 3. The number of anilines is 2. The molecule has 0 spiro atoms. The molecule has 1 aliphatic heterocycles. The maximum absolute atomic E-state index is 13.4. The Kier molecular flexibility index (Phi) is 4.89. The van der Waals surface area contributed by atoms with Crippen LogP contribution in [0.25, 0.3) is 0 Å². The van der Waals surface area contributed by atoms with Crippen LogP contribution < -0.4 is 19.7 Å². The molecule has 1 N–H and O–H groups in total. The largest absolute Gasteiger partial charge is 0.492 e. The molecule has 1 amide bonds. The number of hydrogen-bond acceptors (Lipinski definition) is 4. The summed E-state index contributed by atoms with van der Waals surface area (Å²) in [6, 6.07) is 22.9. The third-order valence-electron chi connectivity index (χ3n) is 4.77. The molecule has 0 bridgehead atoms. The zero-order chi connectivity index (χ0) is 19.5. The lowest BCUT2D eigenvalue weighted by molar-refractivity contribution is 0.0974. The lowest BCUT2D eigenvalue weighted by atomic mass is 10.0. The van der Waals surface area contributed by atoms with Crippen molar-refractivity contribution in [3.8, 4) is 11.5 Å². The Labute approximate surface area is 164 Å². The molecular formula is C23H22N2O3. The van der Waals surface area contributed by atoms with Crippen LogP contribution in [-0.2, 0) is 0 Å². The van der Waals surface area contributed by atoms with Crippen molar-refractivity contribution in [1.29, 1.82) is 0 Å². The summed E-state index contributed by atoms with van der Waals surface area (Å²) in [4.78, 5) is 15.2. The Morgan fingerprint density at radius 3 is 2.46 bits per heavy atom. The SMILES string of the molecule is CCOc1cccc(C2Nc3ccccc3C(=O)N2c2ccccc2)c1OC. The van der Waals surface area contributed by atoms with Gasteiger partial charge in [-0.1, -0.05) is 42.5 Å². The molecule has 4 rings (SSSR count). The fraction of sp³-hybridized carbons (Fsp3) is 0.174. The van der Waals surface area contributed by atoms with Gasteiger partial charge in [-0.2, -0.15) is 0 Å². The molecular weight excluding hydrogens is 352 g/mol. The van der Waals surface area contributed by atoms with Crippen molar-refractivity contribution in [1.82, 2.24) is 0 Å². The van der Waals surface area contributed by atoms with E-state index in [2.05, 4.69) is 5.32 Å². The van der Waals surface area contributed by atoms with Crippen LogP contribution in [0, 0.1) is 0 Å². The van der Waals surface area contributed by atoms with Gasteiger partial charge in [0.15, 0.2) is 11.5 Å². The number of para-hydroxylation sites is 3. The van der Waals surface area contributed by atoms with Gasteiger partial charge < -0.3 is 14.8 Å². The predicted octanol–water partition coefficient (Wildman–Crippen LogP) is 4.87. The number of amides is 1. The number of ether oxygens (including phenoxy) is 2. The summed E-state index contributed by atoms with van der Waals surface area (Å²) in [5, 5.41) is 3.51. The fourth-order valence-corrected chi connectivity index (χ4v) is 3.56. The maximum Gasteiger partial charge on any atom is 0.262 e. The zero-order valence-electron chi connectivity index (χ0n) is 15.9. The first-order valence-corrected chi connectivity index (χ1v) is 9.28. The number of carbonyl (C=O) groups excluding carboxylic acids is 1. The molecule has 5 nitrogen and oxygen atoms in total. The van der Waals surface area contributed by atoms with Gasteiger partial charge >= 0.3 is 0 Å². The van der Waals surface area contributed by atoms with Crippen LogP contribution in [0.15, 0.2) is 72.8 Å². The molecule has 142 valence electrons. The Morgan fingerprint density at radius 1 is 0.964 bits per heavy atom. The van der Waals surface area contributed by atoms with Crippen molar-refractivity contribution < 1.29 is 14.3 Å². The molecule has 3 aromatic carbocycles. The average molecular weight is 374 g/mol. The van der Waals surface area contributed by atoms with Crippen molar-refractivity contribution >= 4 is 17.3 Å². The molecule has 3 aromatic rings. The van der Waals surface area contributed by atoms with Gasteiger partial charge in [0.05, 0.1) is 19.3 Å². The number of hydrogen-bond donors (Lipinski definition) is 1. The van der Waals surface area contributed by atoms with Gasteiger partial charge in [-0.15, -0.1) is 0 Å². The molecule has 1 unspecified atom stereocenters. The van der Waals surface area contributed by atoms with Crippen LogP contribution in [0.2, 0.25) is 0 Å². The lowest BCUT2D eigenvalue weighted by Crippen LogP contribution is -2.43. The van der Waals surface area contributed by atoms with Gasteiger partial charge in [0.1, 0.15) is 6.17 Å². The lowest BCUT2D eigenvalue weighted by Gasteiger charge is -2.38. The van der Waals surface area contributed by atoms with Crippen molar-refractivity contribution in [3.63, 3.8) is 0 Å². The number of carbonyl (C=O) groups is 1. The Balaban J connectivity index is 1.89. The van der Waals surface area contributed by atoms with Gasteiger partial charge in [-0.3, -0.25) is 9.69 Å². The molecule has 0 fully saturated rings. The Morgan fingerprint density at radius 2 is 1.71 bits per heavy atom. The van der Waals surface area contributed by atoms with Crippen LogP contribution >= 0.6 is 0 Å². The highest BCUT2D eigenvalue weighted by atomic mass is 16.5. The molecule has 28 heavy (non-hydrogen) atoms. The quantitative estimate of drug-likeness (QED) is 0.693. The van der Waals surface area contributed by atoms with Gasteiger partial charge in [-0.05, 0) is 37.3 Å². The number of nitrogens with zero attached hydrogens (tertiary/aromatic N) is 1. The van der Waals surface area contributed by atoms with Gasteiger partial charge in [0.2, 0.25) is 0 Å². The summed E-state index contributed by atoms with van der Waals surface area (Å²) in [7, 11) is 1.62. The van der Waals surface area contributed by atoms with Crippen LogP contribution in [0.3, 0.4) is 0 Å². The van der Waals surface area contributed by atoms with Crippen LogP contribution in [0.5, 0.6) is 11.5 Å².